The van der Waals surface area contributed by atoms with Crippen LogP contribution in [0.2, 0.25) is 0 Å². The number of nitrogens with one attached hydrogen (secondary N) is 2. The summed E-state index contributed by atoms with van der Waals surface area (Å²) in [4.78, 5) is 23.7. The van der Waals surface area contributed by atoms with E-state index in [1.807, 2.05) is 19.1 Å². The first kappa shape index (κ1) is 20.7. The zero-order chi connectivity index (χ0) is 17.8. The Morgan fingerprint density at radius 1 is 0.958 bits per heavy atom. The third kappa shape index (κ3) is 8.48. The van der Waals surface area contributed by atoms with E-state index in [9.17, 15) is 9.59 Å². The van der Waals surface area contributed by atoms with Crippen molar-refractivity contribution in [3.8, 4) is 0 Å². The number of rotatable bonds is 10. The molecule has 0 aliphatic rings. The van der Waals surface area contributed by atoms with Gasteiger partial charge in [-0.1, -0.05) is 57.9 Å². The van der Waals surface area contributed by atoms with E-state index >= 15 is 0 Å². The van der Waals surface area contributed by atoms with Gasteiger partial charge in [0.2, 0.25) is 0 Å². The van der Waals surface area contributed by atoms with Crippen molar-refractivity contribution in [3.05, 3.63) is 28.2 Å². The summed E-state index contributed by atoms with van der Waals surface area (Å²) >= 11 is 3.38. The molecule has 2 amide bonds. The van der Waals surface area contributed by atoms with E-state index in [-0.39, 0.29) is 0 Å². The van der Waals surface area contributed by atoms with Crippen LogP contribution in [0, 0.1) is 6.92 Å². The fourth-order valence-electron chi connectivity index (χ4n) is 2.44. The van der Waals surface area contributed by atoms with Gasteiger partial charge in [-0.05, 0) is 47.0 Å². The number of halogens is 1. The zero-order valence-electron chi connectivity index (χ0n) is 14.8. The summed E-state index contributed by atoms with van der Waals surface area (Å²) in [6.07, 6.45) is 9.68. The molecule has 0 fully saturated rings. The normalized spacial score (nSPS) is 10.5. The van der Waals surface area contributed by atoms with Crippen molar-refractivity contribution >= 4 is 33.4 Å². The maximum Gasteiger partial charge on any atom is 0.313 e. The van der Waals surface area contributed by atoms with E-state index in [1.54, 1.807) is 6.07 Å². The Labute approximate surface area is 153 Å². The highest BCUT2D eigenvalue weighted by Crippen LogP contribution is 2.23. The molecule has 1 aromatic rings. The Morgan fingerprint density at radius 2 is 1.58 bits per heavy atom. The van der Waals surface area contributed by atoms with E-state index < -0.39 is 11.8 Å². The number of aryl methyl sites for hydroxylation is 1. The smallest absolute Gasteiger partial charge is 0.313 e. The Morgan fingerprint density at radius 3 is 2.21 bits per heavy atom. The quantitative estimate of drug-likeness (QED) is 0.433. The van der Waals surface area contributed by atoms with Crippen LogP contribution in [0.1, 0.15) is 63.9 Å². The minimum absolute atomic E-state index is 0.552. The van der Waals surface area contributed by atoms with Crippen molar-refractivity contribution in [2.45, 2.75) is 65.2 Å². The molecule has 1 rings (SSSR count). The topological polar surface area (TPSA) is 58.2 Å². The fourth-order valence-corrected chi connectivity index (χ4v) is 3.03. The van der Waals surface area contributed by atoms with Crippen LogP contribution in [0.5, 0.6) is 0 Å². The lowest BCUT2D eigenvalue weighted by Gasteiger charge is -2.08. The molecule has 0 atom stereocenters. The number of carbonyl (C=O) groups excluding carboxylic acids is 2. The number of benzene rings is 1. The number of carbonyl (C=O) groups is 2. The standard InChI is InChI=1S/C19H29BrN2O2/c1-3-4-5-6-7-8-9-10-13-21-18(23)19(24)22-17-12-11-15(2)14-16(17)20/h11-12,14H,3-10,13H2,1-2H3,(H,21,23)(H,22,24). The lowest BCUT2D eigenvalue weighted by Crippen LogP contribution is -2.36. The van der Waals surface area contributed by atoms with Gasteiger partial charge >= 0.3 is 11.8 Å². The van der Waals surface area contributed by atoms with E-state index in [2.05, 4.69) is 33.5 Å². The molecule has 24 heavy (non-hydrogen) atoms. The van der Waals surface area contributed by atoms with Gasteiger partial charge in [-0.25, -0.2) is 0 Å². The minimum atomic E-state index is -0.626. The minimum Gasteiger partial charge on any atom is -0.348 e. The molecule has 0 aliphatic heterocycles. The maximum absolute atomic E-state index is 11.9. The second kappa shape index (κ2) is 12.1. The summed E-state index contributed by atoms with van der Waals surface area (Å²) in [5.41, 5.74) is 1.69. The molecule has 0 spiro atoms. The van der Waals surface area contributed by atoms with Crippen molar-refractivity contribution in [3.63, 3.8) is 0 Å². The Balaban J connectivity index is 2.15. The number of amides is 2. The summed E-state index contributed by atoms with van der Waals surface area (Å²) in [6.45, 7) is 4.74. The Hall–Kier alpha value is -1.36. The molecule has 2 N–H and O–H groups in total. The molecule has 0 saturated carbocycles. The largest absolute Gasteiger partial charge is 0.348 e. The van der Waals surface area contributed by atoms with Gasteiger partial charge in [0.25, 0.3) is 0 Å². The van der Waals surface area contributed by atoms with Gasteiger partial charge in [0.05, 0.1) is 5.69 Å². The summed E-state index contributed by atoms with van der Waals surface area (Å²) in [6, 6.07) is 5.57. The van der Waals surface area contributed by atoms with Crippen molar-refractivity contribution < 1.29 is 9.59 Å². The van der Waals surface area contributed by atoms with Crippen LogP contribution in [0.4, 0.5) is 5.69 Å². The van der Waals surface area contributed by atoms with Crippen molar-refractivity contribution in [2.24, 2.45) is 0 Å². The highest BCUT2D eigenvalue weighted by atomic mass is 79.9. The molecule has 0 heterocycles. The molecule has 0 aliphatic carbocycles. The molecule has 5 heteroatoms. The lowest BCUT2D eigenvalue weighted by atomic mass is 10.1. The van der Waals surface area contributed by atoms with Crippen LogP contribution in [0.25, 0.3) is 0 Å². The second-order valence-electron chi connectivity index (χ2n) is 6.17. The molecule has 0 saturated heterocycles. The van der Waals surface area contributed by atoms with E-state index in [1.165, 1.54) is 38.5 Å². The van der Waals surface area contributed by atoms with Crippen molar-refractivity contribution in [2.75, 3.05) is 11.9 Å². The SMILES string of the molecule is CCCCCCCCCCNC(=O)C(=O)Nc1ccc(C)cc1Br. The van der Waals surface area contributed by atoms with Crippen LogP contribution >= 0.6 is 15.9 Å². The predicted octanol–water partition coefficient (Wildman–Crippen LogP) is 4.95. The van der Waals surface area contributed by atoms with E-state index in [0.717, 1.165) is 22.9 Å². The van der Waals surface area contributed by atoms with Crippen LogP contribution < -0.4 is 10.6 Å². The van der Waals surface area contributed by atoms with Gasteiger partial charge in [-0.2, -0.15) is 0 Å². The highest BCUT2D eigenvalue weighted by Gasteiger charge is 2.14. The average molecular weight is 397 g/mol. The van der Waals surface area contributed by atoms with Gasteiger partial charge in [-0.3, -0.25) is 9.59 Å². The molecule has 0 radical (unpaired) electrons. The summed E-state index contributed by atoms with van der Waals surface area (Å²) in [5.74, 6) is -1.20. The van der Waals surface area contributed by atoms with Gasteiger partial charge in [0.15, 0.2) is 0 Å². The van der Waals surface area contributed by atoms with Crippen LogP contribution in [0.15, 0.2) is 22.7 Å². The molecule has 1 aromatic carbocycles. The molecule has 134 valence electrons. The first-order chi connectivity index (χ1) is 11.5. The van der Waals surface area contributed by atoms with Crippen LogP contribution in [0.3, 0.4) is 0 Å². The molecular weight excluding hydrogens is 368 g/mol. The first-order valence-corrected chi connectivity index (χ1v) is 9.69. The van der Waals surface area contributed by atoms with Crippen molar-refractivity contribution in [1.82, 2.24) is 5.32 Å². The highest BCUT2D eigenvalue weighted by molar-refractivity contribution is 9.10. The monoisotopic (exact) mass is 396 g/mol. The van der Waals surface area contributed by atoms with Gasteiger partial charge < -0.3 is 10.6 Å². The van der Waals surface area contributed by atoms with Gasteiger partial charge in [0.1, 0.15) is 0 Å². The zero-order valence-corrected chi connectivity index (χ0v) is 16.4. The lowest BCUT2D eigenvalue weighted by molar-refractivity contribution is -0.136. The third-order valence-corrected chi connectivity index (χ3v) is 4.55. The second-order valence-corrected chi connectivity index (χ2v) is 7.02. The number of unbranched alkanes of at least 4 members (excludes halogenated alkanes) is 7. The number of anilines is 1. The summed E-state index contributed by atoms with van der Waals surface area (Å²) in [5, 5.41) is 5.30. The Bertz CT molecular complexity index is 532. The molecule has 0 aromatic heterocycles. The summed E-state index contributed by atoms with van der Waals surface area (Å²) in [7, 11) is 0. The number of hydrogen-bond donors (Lipinski definition) is 2. The van der Waals surface area contributed by atoms with Crippen LogP contribution in [-0.2, 0) is 9.59 Å². The number of hydrogen-bond acceptors (Lipinski definition) is 2. The third-order valence-electron chi connectivity index (χ3n) is 3.89. The predicted molar refractivity (Wildman–Crippen MR) is 103 cm³/mol. The van der Waals surface area contributed by atoms with E-state index in [4.69, 9.17) is 0 Å². The van der Waals surface area contributed by atoms with Gasteiger partial charge in [-0.15, -0.1) is 0 Å². The molecule has 0 unspecified atom stereocenters. The first-order valence-electron chi connectivity index (χ1n) is 8.90. The average Bonchev–Trinajstić information content (AvgIpc) is 2.55. The Kier molecular flexibility index (Phi) is 10.4. The van der Waals surface area contributed by atoms with E-state index in [0.29, 0.717) is 12.2 Å². The van der Waals surface area contributed by atoms with Crippen LogP contribution in [-0.4, -0.2) is 18.4 Å². The summed E-state index contributed by atoms with van der Waals surface area (Å²) < 4.78 is 0.770. The molecule has 0 bridgehead atoms. The molecule has 4 nitrogen and oxygen atoms in total. The fraction of sp³-hybridized carbons (Fsp3) is 0.579. The maximum atomic E-state index is 11.9. The van der Waals surface area contributed by atoms with Gasteiger partial charge in [0, 0.05) is 11.0 Å². The molecular formula is C19H29BrN2O2. The van der Waals surface area contributed by atoms with Crippen molar-refractivity contribution in [1.29, 1.82) is 0 Å².